The van der Waals surface area contributed by atoms with Crippen molar-refractivity contribution in [3.8, 4) is 5.75 Å². The molecular formula is C16H28IN3O2. The second-order valence-electron chi connectivity index (χ2n) is 5.01. The quantitative estimate of drug-likeness (QED) is 0.294. The molecule has 126 valence electrons. The van der Waals surface area contributed by atoms with E-state index in [1.807, 2.05) is 32.0 Å². The predicted molar refractivity (Wildman–Crippen MR) is 102 cm³/mol. The molecule has 0 aromatic heterocycles. The predicted octanol–water partition coefficient (Wildman–Crippen LogP) is 2.79. The highest BCUT2D eigenvalue weighted by Gasteiger charge is 2.01. The molecule has 0 aliphatic carbocycles. The van der Waals surface area contributed by atoms with Gasteiger partial charge >= 0.3 is 0 Å². The van der Waals surface area contributed by atoms with Gasteiger partial charge in [0.05, 0.1) is 6.10 Å². The number of methoxy groups -OCH3 is 1. The van der Waals surface area contributed by atoms with Gasteiger partial charge in [-0.25, -0.2) is 0 Å². The molecule has 0 aliphatic rings. The Balaban J connectivity index is 0.00000441. The molecule has 1 aromatic carbocycles. The summed E-state index contributed by atoms with van der Waals surface area (Å²) >= 11 is 0. The van der Waals surface area contributed by atoms with E-state index in [0.717, 1.165) is 36.8 Å². The van der Waals surface area contributed by atoms with Crippen LogP contribution in [0, 0.1) is 0 Å². The van der Waals surface area contributed by atoms with Crippen molar-refractivity contribution in [3.05, 3.63) is 29.8 Å². The average molecular weight is 421 g/mol. The Labute approximate surface area is 150 Å². The minimum Gasteiger partial charge on any atom is -0.491 e. The number of rotatable bonds is 8. The monoisotopic (exact) mass is 421 g/mol. The summed E-state index contributed by atoms with van der Waals surface area (Å²) < 4.78 is 10.7. The molecule has 0 aliphatic heterocycles. The first-order chi connectivity index (χ1) is 10.2. The van der Waals surface area contributed by atoms with Gasteiger partial charge in [-0.3, -0.25) is 4.99 Å². The molecule has 2 N–H and O–H groups in total. The molecule has 0 atom stereocenters. The Hall–Kier alpha value is -1.02. The largest absolute Gasteiger partial charge is 0.491 e. The van der Waals surface area contributed by atoms with E-state index in [2.05, 4.69) is 21.7 Å². The maximum absolute atomic E-state index is 5.69. The van der Waals surface area contributed by atoms with Crippen molar-refractivity contribution in [2.45, 2.75) is 32.9 Å². The molecule has 5 nitrogen and oxygen atoms in total. The van der Waals surface area contributed by atoms with Crippen LogP contribution < -0.4 is 15.4 Å². The van der Waals surface area contributed by atoms with Crippen LogP contribution in [0.15, 0.2) is 29.3 Å². The molecule has 0 fully saturated rings. The molecule has 1 aromatic rings. The van der Waals surface area contributed by atoms with Crippen molar-refractivity contribution in [1.29, 1.82) is 0 Å². The standard InChI is InChI=1S/C16H27N3O2.HI/c1-13(2)21-15-8-5-7-14(11-15)12-19-16(17-3)18-9-6-10-20-4;/h5,7-8,11,13H,6,9-10,12H2,1-4H3,(H2,17,18,19);1H. The fraction of sp³-hybridized carbons (Fsp3) is 0.562. The lowest BCUT2D eigenvalue weighted by molar-refractivity contribution is 0.195. The third kappa shape index (κ3) is 9.09. The number of aliphatic imine (C=N–C) groups is 1. The van der Waals surface area contributed by atoms with Crippen molar-refractivity contribution in [2.24, 2.45) is 4.99 Å². The van der Waals surface area contributed by atoms with Gasteiger partial charge < -0.3 is 20.1 Å². The molecular weight excluding hydrogens is 393 g/mol. The molecule has 22 heavy (non-hydrogen) atoms. The number of benzene rings is 1. The third-order valence-electron chi connectivity index (χ3n) is 2.77. The number of nitrogens with one attached hydrogen (secondary N) is 2. The van der Waals surface area contributed by atoms with E-state index in [1.54, 1.807) is 14.2 Å². The number of ether oxygens (including phenoxy) is 2. The van der Waals surface area contributed by atoms with Crippen molar-refractivity contribution in [2.75, 3.05) is 27.3 Å². The Morgan fingerprint density at radius 2 is 2.05 bits per heavy atom. The number of halogens is 1. The molecule has 0 spiro atoms. The van der Waals surface area contributed by atoms with E-state index in [1.165, 1.54) is 0 Å². The molecule has 0 heterocycles. The lowest BCUT2D eigenvalue weighted by Gasteiger charge is -2.13. The van der Waals surface area contributed by atoms with Crippen molar-refractivity contribution < 1.29 is 9.47 Å². The van der Waals surface area contributed by atoms with E-state index < -0.39 is 0 Å². The first-order valence-corrected chi connectivity index (χ1v) is 7.34. The smallest absolute Gasteiger partial charge is 0.191 e. The van der Waals surface area contributed by atoms with E-state index in [9.17, 15) is 0 Å². The van der Waals surface area contributed by atoms with Crippen LogP contribution in [0.3, 0.4) is 0 Å². The zero-order valence-electron chi connectivity index (χ0n) is 13.9. The second-order valence-corrected chi connectivity index (χ2v) is 5.01. The van der Waals surface area contributed by atoms with Gasteiger partial charge in [0.1, 0.15) is 5.75 Å². The van der Waals surface area contributed by atoms with Gasteiger partial charge in [0.15, 0.2) is 5.96 Å². The number of hydrogen-bond acceptors (Lipinski definition) is 3. The first-order valence-electron chi connectivity index (χ1n) is 7.34. The van der Waals surface area contributed by atoms with Gasteiger partial charge in [0, 0.05) is 33.9 Å². The van der Waals surface area contributed by atoms with Gasteiger partial charge in [-0.15, -0.1) is 24.0 Å². The summed E-state index contributed by atoms with van der Waals surface area (Å²) in [6, 6.07) is 8.09. The Morgan fingerprint density at radius 3 is 2.68 bits per heavy atom. The topological polar surface area (TPSA) is 54.9 Å². The van der Waals surface area contributed by atoms with Gasteiger partial charge in [-0.1, -0.05) is 12.1 Å². The van der Waals surface area contributed by atoms with Crippen molar-refractivity contribution >= 4 is 29.9 Å². The molecule has 0 amide bonds. The van der Waals surface area contributed by atoms with E-state index in [-0.39, 0.29) is 30.1 Å². The fourth-order valence-electron chi connectivity index (χ4n) is 1.83. The zero-order chi connectivity index (χ0) is 15.5. The minimum atomic E-state index is 0. The second kappa shape index (κ2) is 12.5. The van der Waals surface area contributed by atoms with Gasteiger partial charge in [0.25, 0.3) is 0 Å². The fourth-order valence-corrected chi connectivity index (χ4v) is 1.83. The number of nitrogens with zero attached hydrogens (tertiary/aromatic N) is 1. The van der Waals surface area contributed by atoms with E-state index in [4.69, 9.17) is 9.47 Å². The highest BCUT2D eigenvalue weighted by atomic mass is 127. The molecule has 0 unspecified atom stereocenters. The van der Waals surface area contributed by atoms with Crippen LogP contribution in [0.25, 0.3) is 0 Å². The minimum absolute atomic E-state index is 0. The number of hydrogen-bond donors (Lipinski definition) is 2. The van der Waals surface area contributed by atoms with Crippen LogP contribution in [0.5, 0.6) is 5.75 Å². The summed E-state index contributed by atoms with van der Waals surface area (Å²) in [6.45, 7) is 6.34. The summed E-state index contributed by atoms with van der Waals surface area (Å²) in [4.78, 5) is 4.19. The van der Waals surface area contributed by atoms with Gasteiger partial charge in [0.2, 0.25) is 0 Å². The Kier molecular flexibility index (Phi) is 11.9. The molecule has 0 saturated heterocycles. The lowest BCUT2D eigenvalue weighted by Crippen LogP contribution is -2.37. The highest BCUT2D eigenvalue weighted by Crippen LogP contribution is 2.14. The van der Waals surface area contributed by atoms with Crippen molar-refractivity contribution in [3.63, 3.8) is 0 Å². The highest BCUT2D eigenvalue weighted by molar-refractivity contribution is 14.0. The SMILES string of the molecule is CN=C(NCCCOC)NCc1cccc(OC(C)C)c1.I. The Bertz CT molecular complexity index is 439. The van der Waals surface area contributed by atoms with E-state index >= 15 is 0 Å². The first kappa shape index (κ1) is 21.0. The molecule has 0 bridgehead atoms. The van der Waals surface area contributed by atoms with Crippen LogP contribution >= 0.6 is 24.0 Å². The zero-order valence-corrected chi connectivity index (χ0v) is 16.2. The summed E-state index contributed by atoms with van der Waals surface area (Å²) in [7, 11) is 3.48. The van der Waals surface area contributed by atoms with Gasteiger partial charge in [-0.05, 0) is 38.0 Å². The summed E-state index contributed by atoms with van der Waals surface area (Å²) in [5.74, 6) is 1.69. The molecule has 0 saturated carbocycles. The van der Waals surface area contributed by atoms with Crippen LogP contribution in [-0.4, -0.2) is 39.4 Å². The van der Waals surface area contributed by atoms with Crippen molar-refractivity contribution in [1.82, 2.24) is 10.6 Å². The third-order valence-corrected chi connectivity index (χ3v) is 2.77. The average Bonchev–Trinajstić information content (AvgIpc) is 2.46. The normalized spacial score (nSPS) is 11.0. The van der Waals surface area contributed by atoms with E-state index in [0.29, 0.717) is 6.54 Å². The van der Waals surface area contributed by atoms with Crippen LogP contribution in [0.2, 0.25) is 0 Å². The summed E-state index contributed by atoms with van der Waals surface area (Å²) in [5.41, 5.74) is 1.16. The molecule has 0 radical (unpaired) electrons. The van der Waals surface area contributed by atoms with Crippen LogP contribution in [0.4, 0.5) is 0 Å². The Morgan fingerprint density at radius 1 is 1.27 bits per heavy atom. The molecule has 1 rings (SSSR count). The maximum Gasteiger partial charge on any atom is 0.191 e. The summed E-state index contributed by atoms with van der Waals surface area (Å²) in [5, 5.41) is 6.53. The van der Waals surface area contributed by atoms with Gasteiger partial charge in [-0.2, -0.15) is 0 Å². The maximum atomic E-state index is 5.69. The lowest BCUT2D eigenvalue weighted by atomic mass is 10.2. The number of guanidine groups is 1. The van der Waals surface area contributed by atoms with Crippen LogP contribution in [-0.2, 0) is 11.3 Å². The summed E-state index contributed by atoms with van der Waals surface area (Å²) in [6.07, 6.45) is 1.14. The molecule has 6 heteroatoms. The van der Waals surface area contributed by atoms with Crippen LogP contribution in [0.1, 0.15) is 25.8 Å².